The molecule has 1 saturated carbocycles. The summed E-state index contributed by atoms with van der Waals surface area (Å²) in [5, 5.41) is 0. The predicted octanol–water partition coefficient (Wildman–Crippen LogP) is 4.32. The second-order valence-electron chi connectivity index (χ2n) is 9.56. The highest BCUT2D eigenvalue weighted by molar-refractivity contribution is 5.86. The molecule has 2 aliphatic rings. The van der Waals surface area contributed by atoms with Gasteiger partial charge in [0.2, 0.25) is 0 Å². The lowest BCUT2D eigenvalue weighted by atomic mass is 9.99. The molecule has 1 aliphatic carbocycles. The molecule has 0 radical (unpaired) electrons. The van der Waals surface area contributed by atoms with E-state index in [2.05, 4.69) is 0 Å². The van der Waals surface area contributed by atoms with E-state index >= 15 is 0 Å². The highest BCUT2D eigenvalue weighted by Crippen LogP contribution is 2.46. The van der Waals surface area contributed by atoms with Crippen LogP contribution in [0, 0.1) is 5.41 Å². The Morgan fingerprint density at radius 1 is 1.07 bits per heavy atom. The minimum absolute atomic E-state index is 0.0871. The van der Waals surface area contributed by atoms with Gasteiger partial charge in [-0.05, 0) is 58.9 Å². The van der Waals surface area contributed by atoms with Crippen molar-refractivity contribution in [1.29, 1.82) is 0 Å². The Labute approximate surface area is 173 Å². The number of benzene rings is 1. The molecule has 2 fully saturated rings. The summed E-state index contributed by atoms with van der Waals surface area (Å²) in [6.45, 7) is 9.21. The van der Waals surface area contributed by atoms with Gasteiger partial charge in [0, 0.05) is 12.0 Å². The second-order valence-corrected chi connectivity index (χ2v) is 9.56. The van der Waals surface area contributed by atoms with Crippen LogP contribution in [0.5, 0.6) is 0 Å². The Morgan fingerprint density at radius 2 is 1.76 bits per heavy atom. The number of amides is 1. The summed E-state index contributed by atoms with van der Waals surface area (Å²) in [6, 6.07) is 10.0. The largest absolute Gasteiger partial charge is 0.463 e. The first-order chi connectivity index (χ1) is 13.6. The summed E-state index contributed by atoms with van der Waals surface area (Å²) in [6.07, 6.45) is 2.86. The standard InChI is InChI=1S/C23H33NO5/c1-21(2,3)29-20(26)24-14-8-11-22(24,4)19(25)28-17-23(12-13-23)16-27-15-18-9-6-5-7-10-18/h5-7,9-10H,8,11-17H2,1-4H3. The Balaban J connectivity index is 1.50. The first kappa shape index (κ1) is 21.6. The zero-order valence-corrected chi connectivity index (χ0v) is 18.0. The van der Waals surface area contributed by atoms with Crippen LogP contribution in [0.15, 0.2) is 30.3 Å². The van der Waals surface area contributed by atoms with Gasteiger partial charge >= 0.3 is 12.1 Å². The number of carbonyl (C=O) groups is 2. The van der Waals surface area contributed by atoms with E-state index in [-0.39, 0.29) is 11.4 Å². The van der Waals surface area contributed by atoms with E-state index in [0.29, 0.717) is 32.8 Å². The zero-order valence-electron chi connectivity index (χ0n) is 18.0. The lowest BCUT2D eigenvalue weighted by Gasteiger charge is -2.34. The molecule has 1 heterocycles. The van der Waals surface area contributed by atoms with E-state index in [9.17, 15) is 9.59 Å². The van der Waals surface area contributed by atoms with Gasteiger partial charge in [-0.1, -0.05) is 30.3 Å². The maximum Gasteiger partial charge on any atom is 0.411 e. The highest BCUT2D eigenvalue weighted by Gasteiger charge is 2.50. The molecular weight excluding hydrogens is 370 g/mol. The molecule has 0 N–H and O–H groups in total. The number of nitrogens with zero attached hydrogens (tertiary/aromatic N) is 1. The summed E-state index contributed by atoms with van der Waals surface area (Å²) in [5.74, 6) is -0.352. The van der Waals surface area contributed by atoms with E-state index in [4.69, 9.17) is 14.2 Å². The smallest absolute Gasteiger partial charge is 0.411 e. The Kier molecular flexibility index (Phi) is 6.22. The fourth-order valence-corrected chi connectivity index (χ4v) is 3.63. The third-order valence-corrected chi connectivity index (χ3v) is 5.68. The number of esters is 1. The molecule has 0 spiro atoms. The van der Waals surface area contributed by atoms with Crippen LogP contribution in [0.25, 0.3) is 0 Å². The SMILES string of the molecule is CC(C)(C)OC(=O)N1CCCC1(C)C(=O)OCC1(COCc2ccccc2)CC1. The van der Waals surface area contributed by atoms with Crippen molar-refractivity contribution in [3.8, 4) is 0 Å². The highest BCUT2D eigenvalue weighted by atomic mass is 16.6. The van der Waals surface area contributed by atoms with E-state index < -0.39 is 17.2 Å². The average molecular weight is 404 g/mol. The summed E-state index contributed by atoms with van der Waals surface area (Å²) in [5.41, 5.74) is -0.523. The minimum atomic E-state index is -0.969. The van der Waals surface area contributed by atoms with E-state index in [0.717, 1.165) is 24.8 Å². The second kappa shape index (κ2) is 8.34. The van der Waals surface area contributed by atoms with Crippen molar-refractivity contribution >= 4 is 12.1 Å². The molecule has 0 aromatic heterocycles. The molecule has 1 aromatic carbocycles. The summed E-state index contributed by atoms with van der Waals surface area (Å²) in [7, 11) is 0. The van der Waals surface area contributed by atoms with Crippen molar-refractivity contribution in [1.82, 2.24) is 4.90 Å². The van der Waals surface area contributed by atoms with Gasteiger partial charge in [-0.15, -0.1) is 0 Å². The van der Waals surface area contributed by atoms with Crippen molar-refractivity contribution in [3.63, 3.8) is 0 Å². The van der Waals surface area contributed by atoms with Gasteiger partial charge in [0.1, 0.15) is 11.1 Å². The number of hydrogen-bond donors (Lipinski definition) is 0. The molecule has 29 heavy (non-hydrogen) atoms. The molecule has 1 saturated heterocycles. The first-order valence-corrected chi connectivity index (χ1v) is 10.4. The van der Waals surface area contributed by atoms with Gasteiger partial charge in [-0.25, -0.2) is 9.59 Å². The summed E-state index contributed by atoms with van der Waals surface area (Å²) in [4.78, 5) is 27.0. The van der Waals surface area contributed by atoms with Crippen LogP contribution < -0.4 is 0 Å². The van der Waals surface area contributed by atoms with Crippen LogP contribution in [0.2, 0.25) is 0 Å². The van der Waals surface area contributed by atoms with Crippen molar-refractivity contribution in [2.75, 3.05) is 19.8 Å². The van der Waals surface area contributed by atoms with Gasteiger partial charge in [0.25, 0.3) is 0 Å². The maximum absolute atomic E-state index is 12.9. The van der Waals surface area contributed by atoms with Crippen LogP contribution in [0.1, 0.15) is 58.9 Å². The molecule has 1 aliphatic heterocycles. The third-order valence-electron chi connectivity index (χ3n) is 5.68. The van der Waals surface area contributed by atoms with Crippen molar-refractivity contribution < 1.29 is 23.8 Å². The lowest BCUT2D eigenvalue weighted by molar-refractivity contribution is -0.158. The van der Waals surface area contributed by atoms with Gasteiger partial charge in [0.05, 0.1) is 19.8 Å². The topological polar surface area (TPSA) is 65.1 Å². The normalized spacial score (nSPS) is 23.0. The molecule has 1 unspecified atom stereocenters. The monoisotopic (exact) mass is 403 g/mol. The molecule has 6 nitrogen and oxygen atoms in total. The van der Waals surface area contributed by atoms with Crippen LogP contribution in [0.4, 0.5) is 4.79 Å². The van der Waals surface area contributed by atoms with E-state index in [1.165, 1.54) is 4.90 Å². The minimum Gasteiger partial charge on any atom is -0.463 e. The van der Waals surface area contributed by atoms with E-state index in [1.54, 1.807) is 6.92 Å². The van der Waals surface area contributed by atoms with Gasteiger partial charge in [0.15, 0.2) is 0 Å². The van der Waals surface area contributed by atoms with Crippen molar-refractivity contribution in [2.24, 2.45) is 5.41 Å². The van der Waals surface area contributed by atoms with Gasteiger partial charge in [-0.3, -0.25) is 4.90 Å². The van der Waals surface area contributed by atoms with Gasteiger partial charge < -0.3 is 14.2 Å². The Hall–Kier alpha value is -2.08. The van der Waals surface area contributed by atoms with Gasteiger partial charge in [-0.2, -0.15) is 0 Å². The van der Waals surface area contributed by atoms with Crippen LogP contribution >= 0.6 is 0 Å². The number of likely N-dealkylation sites (tertiary alicyclic amines) is 1. The number of rotatable bonds is 7. The maximum atomic E-state index is 12.9. The molecule has 160 valence electrons. The van der Waals surface area contributed by atoms with Crippen LogP contribution in [-0.2, 0) is 25.6 Å². The van der Waals surface area contributed by atoms with Crippen LogP contribution in [-0.4, -0.2) is 47.9 Å². The zero-order chi connectivity index (χ0) is 21.1. The predicted molar refractivity (Wildman–Crippen MR) is 109 cm³/mol. The first-order valence-electron chi connectivity index (χ1n) is 10.4. The molecule has 3 rings (SSSR count). The number of carbonyl (C=O) groups excluding carboxylic acids is 2. The quantitative estimate of drug-likeness (QED) is 0.635. The van der Waals surface area contributed by atoms with Crippen LogP contribution in [0.3, 0.4) is 0 Å². The van der Waals surface area contributed by atoms with E-state index in [1.807, 2.05) is 51.1 Å². The molecule has 1 aromatic rings. The number of hydrogen-bond acceptors (Lipinski definition) is 5. The Bertz CT molecular complexity index is 723. The molecular formula is C23H33NO5. The molecule has 6 heteroatoms. The molecule has 1 amide bonds. The summed E-state index contributed by atoms with van der Waals surface area (Å²) >= 11 is 0. The average Bonchev–Trinajstić information content (AvgIpc) is 3.31. The third kappa shape index (κ3) is 5.50. The fourth-order valence-electron chi connectivity index (χ4n) is 3.63. The van der Waals surface area contributed by atoms with Crippen molar-refractivity contribution in [3.05, 3.63) is 35.9 Å². The summed E-state index contributed by atoms with van der Waals surface area (Å²) < 4.78 is 17.0. The molecule has 0 bridgehead atoms. The fraction of sp³-hybridized carbons (Fsp3) is 0.652. The van der Waals surface area contributed by atoms with Crippen molar-refractivity contribution in [2.45, 2.75) is 71.1 Å². The lowest BCUT2D eigenvalue weighted by Crippen LogP contribution is -2.53. The Morgan fingerprint density at radius 3 is 2.38 bits per heavy atom. The number of ether oxygens (including phenoxy) is 3. The molecule has 1 atom stereocenters.